The highest BCUT2D eigenvalue weighted by Gasteiger charge is 2.31. The summed E-state index contributed by atoms with van der Waals surface area (Å²) in [6.07, 6.45) is 13.3. The minimum absolute atomic E-state index is 0.338. The predicted molar refractivity (Wildman–Crippen MR) is 64.4 cm³/mol. The van der Waals surface area contributed by atoms with Crippen LogP contribution in [0.5, 0.6) is 0 Å². The summed E-state index contributed by atoms with van der Waals surface area (Å²) in [5.41, 5.74) is 12.6. The van der Waals surface area contributed by atoms with E-state index in [0.29, 0.717) is 23.9 Å². The second kappa shape index (κ2) is 5.13. The van der Waals surface area contributed by atoms with Crippen molar-refractivity contribution in [1.29, 1.82) is 0 Å². The summed E-state index contributed by atoms with van der Waals surface area (Å²) in [6, 6.07) is 0.699. The van der Waals surface area contributed by atoms with E-state index in [-0.39, 0.29) is 0 Å². The molecule has 0 radical (unpaired) electrons. The molecule has 0 aromatic rings. The molecule has 0 heterocycles. The molecular formula is C13H24N2. The molecule has 2 nitrogen and oxygen atoms in total. The lowest BCUT2D eigenvalue weighted by Crippen LogP contribution is -2.48. The van der Waals surface area contributed by atoms with Gasteiger partial charge < -0.3 is 11.5 Å². The average molecular weight is 208 g/mol. The summed E-state index contributed by atoms with van der Waals surface area (Å²) in [4.78, 5) is 0. The van der Waals surface area contributed by atoms with Gasteiger partial charge in [-0.25, -0.2) is 0 Å². The Kier molecular flexibility index (Phi) is 3.81. The van der Waals surface area contributed by atoms with Gasteiger partial charge in [-0.15, -0.1) is 0 Å². The van der Waals surface area contributed by atoms with Crippen LogP contribution in [0.15, 0.2) is 12.2 Å². The maximum Gasteiger partial charge on any atom is 0.0113 e. The van der Waals surface area contributed by atoms with Gasteiger partial charge in [0.05, 0.1) is 0 Å². The van der Waals surface area contributed by atoms with Gasteiger partial charge in [-0.1, -0.05) is 25.0 Å². The summed E-state index contributed by atoms with van der Waals surface area (Å²) >= 11 is 0. The van der Waals surface area contributed by atoms with Gasteiger partial charge in [0, 0.05) is 12.1 Å². The highest BCUT2D eigenvalue weighted by atomic mass is 14.8. The first-order valence-corrected chi connectivity index (χ1v) is 6.45. The van der Waals surface area contributed by atoms with Gasteiger partial charge in [0.1, 0.15) is 0 Å². The van der Waals surface area contributed by atoms with Crippen molar-refractivity contribution in [2.45, 2.75) is 57.0 Å². The van der Waals surface area contributed by atoms with Gasteiger partial charge in [-0.3, -0.25) is 0 Å². The molecule has 0 aliphatic heterocycles. The monoisotopic (exact) mass is 208 g/mol. The second-order valence-electron chi connectivity index (χ2n) is 5.23. The van der Waals surface area contributed by atoms with Crippen molar-refractivity contribution in [2.24, 2.45) is 23.3 Å². The lowest BCUT2D eigenvalue weighted by Gasteiger charge is -2.37. The van der Waals surface area contributed by atoms with Crippen LogP contribution >= 0.6 is 0 Å². The quantitative estimate of drug-likeness (QED) is 0.683. The second-order valence-corrected chi connectivity index (χ2v) is 5.23. The number of hydrogen-bond donors (Lipinski definition) is 2. The smallest absolute Gasteiger partial charge is 0.0113 e. The van der Waals surface area contributed by atoms with Gasteiger partial charge in [0.25, 0.3) is 0 Å². The van der Waals surface area contributed by atoms with Gasteiger partial charge in [-0.2, -0.15) is 0 Å². The molecule has 0 aromatic heterocycles. The topological polar surface area (TPSA) is 52.0 Å². The van der Waals surface area contributed by atoms with Crippen molar-refractivity contribution < 1.29 is 0 Å². The van der Waals surface area contributed by atoms with Crippen LogP contribution in [0, 0.1) is 11.8 Å². The molecule has 0 saturated heterocycles. The molecule has 1 saturated carbocycles. The van der Waals surface area contributed by atoms with E-state index in [4.69, 9.17) is 11.5 Å². The molecule has 4 N–H and O–H groups in total. The molecule has 2 heteroatoms. The summed E-state index contributed by atoms with van der Waals surface area (Å²) in [5.74, 6) is 1.26. The van der Waals surface area contributed by atoms with E-state index in [1.165, 1.54) is 44.9 Å². The Morgan fingerprint density at radius 2 is 1.87 bits per heavy atom. The maximum absolute atomic E-state index is 6.40. The van der Waals surface area contributed by atoms with E-state index >= 15 is 0 Å². The summed E-state index contributed by atoms with van der Waals surface area (Å²) < 4.78 is 0. The van der Waals surface area contributed by atoms with Crippen LogP contribution in [0.3, 0.4) is 0 Å². The van der Waals surface area contributed by atoms with Crippen LogP contribution in [0.1, 0.15) is 44.9 Å². The fraction of sp³-hybridized carbons (Fsp3) is 0.846. The van der Waals surface area contributed by atoms with Crippen LogP contribution in [-0.2, 0) is 0 Å². The van der Waals surface area contributed by atoms with Crippen LogP contribution in [0.25, 0.3) is 0 Å². The lowest BCUT2D eigenvalue weighted by atomic mass is 9.73. The highest BCUT2D eigenvalue weighted by molar-refractivity contribution is 4.97. The fourth-order valence-electron chi connectivity index (χ4n) is 3.18. The molecule has 0 bridgehead atoms. The van der Waals surface area contributed by atoms with Crippen LogP contribution in [0.4, 0.5) is 0 Å². The first-order valence-electron chi connectivity index (χ1n) is 6.45. The Balaban J connectivity index is 1.93. The average Bonchev–Trinajstić information content (AvgIpc) is 2.30. The summed E-state index contributed by atoms with van der Waals surface area (Å²) in [6.45, 7) is 0. The van der Waals surface area contributed by atoms with Crippen LogP contribution in [-0.4, -0.2) is 12.1 Å². The molecule has 0 amide bonds. The van der Waals surface area contributed by atoms with Gasteiger partial charge in [0.2, 0.25) is 0 Å². The van der Waals surface area contributed by atoms with E-state index in [0.717, 1.165) is 0 Å². The third-order valence-corrected chi connectivity index (χ3v) is 4.22. The first kappa shape index (κ1) is 11.2. The number of allylic oxidation sites excluding steroid dienone is 2. The van der Waals surface area contributed by atoms with Crippen molar-refractivity contribution in [3.8, 4) is 0 Å². The van der Waals surface area contributed by atoms with Gasteiger partial charge in [0.15, 0.2) is 0 Å². The highest BCUT2D eigenvalue weighted by Crippen LogP contribution is 2.32. The zero-order valence-corrected chi connectivity index (χ0v) is 9.57. The Hall–Kier alpha value is -0.340. The molecular weight excluding hydrogens is 184 g/mol. The van der Waals surface area contributed by atoms with Crippen molar-refractivity contribution in [2.75, 3.05) is 0 Å². The Morgan fingerprint density at radius 1 is 1.07 bits per heavy atom. The molecule has 4 unspecified atom stereocenters. The number of rotatable bonds is 2. The molecule has 4 atom stereocenters. The molecule has 15 heavy (non-hydrogen) atoms. The molecule has 0 aromatic carbocycles. The molecule has 86 valence electrons. The molecule has 2 aliphatic carbocycles. The Bertz CT molecular complexity index is 225. The Morgan fingerprint density at radius 3 is 2.53 bits per heavy atom. The van der Waals surface area contributed by atoms with Gasteiger partial charge in [-0.05, 0) is 43.9 Å². The van der Waals surface area contributed by atoms with E-state index in [1.54, 1.807) is 0 Å². The van der Waals surface area contributed by atoms with Crippen molar-refractivity contribution in [3.63, 3.8) is 0 Å². The van der Waals surface area contributed by atoms with Crippen molar-refractivity contribution >= 4 is 0 Å². The number of nitrogens with two attached hydrogens (primary N) is 2. The van der Waals surface area contributed by atoms with Crippen molar-refractivity contribution in [1.82, 2.24) is 0 Å². The van der Waals surface area contributed by atoms with Gasteiger partial charge >= 0.3 is 0 Å². The number of hydrogen-bond acceptors (Lipinski definition) is 2. The maximum atomic E-state index is 6.40. The third-order valence-electron chi connectivity index (χ3n) is 4.22. The standard InChI is InChI=1S/C13H24N2/c14-12-9-5-4-8-11(12)13(15)10-6-2-1-3-7-10/h1-2,10-13H,3-9,14-15H2. The minimum Gasteiger partial charge on any atom is -0.327 e. The largest absolute Gasteiger partial charge is 0.327 e. The van der Waals surface area contributed by atoms with Crippen molar-refractivity contribution in [3.05, 3.63) is 12.2 Å². The van der Waals surface area contributed by atoms with E-state index in [2.05, 4.69) is 12.2 Å². The molecule has 2 aliphatic rings. The lowest BCUT2D eigenvalue weighted by molar-refractivity contribution is 0.206. The normalized spacial score (nSPS) is 38.9. The fourth-order valence-corrected chi connectivity index (χ4v) is 3.18. The SMILES string of the molecule is NC1CCCCC1C(N)C1CC=CCC1. The van der Waals surface area contributed by atoms with E-state index in [1.807, 2.05) is 0 Å². The zero-order chi connectivity index (χ0) is 10.7. The Labute approximate surface area is 93.1 Å². The summed E-state index contributed by atoms with van der Waals surface area (Å²) in [5, 5.41) is 0. The van der Waals surface area contributed by atoms with E-state index in [9.17, 15) is 0 Å². The first-order chi connectivity index (χ1) is 7.29. The van der Waals surface area contributed by atoms with E-state index < -0.39 is 0 Å². The molecule has 0 spiro atoms. The molecule has 1 fully saturated rings. The molecule has 2 rings (SSSR count). The summed E-state index contributed by atoms with van der Waals surface area (Å²) in [7, 11) is 0. The predicted octanol–water partition coefficient (Wildman–Crippen LogP) is 2.19. The van der Waals surface area contributed by atoms with Crippen LogP contribution < -0.4 is 11.5 Å². The zero-order valence-electron chi connectivity index (χ0n) is 9.57. The third kappa shape index (κ3) is 2.61. The minimum atomic E-state index is 0.338. The van der Waals surface area contributed by atoms with Crippen LogP contribution in [0.2, 0.25) is 0 Å².